The maximum Gasteiger partial charge on any atom is 0.231 e. The largest absolute Gasteiger partial charge is 0.454 e. The predicted molar refractivity (Wildman–Crippen MR) is 122 cm³/mol. The van der Waals surface area contributed by atoms with Gasteiger partial charge in [0, 0.05) is 29.9 Å². The second-order valence-corrected chi connectivity index (χ2v) is 8.15. The summed E-state index contributed by atoms with van der Waals surface area (Å²) >= 11 is 0. The number of anilines is 2. The van der Waals surface area contributed by atoms with E-state index in [-0.39, 0.29) is 24.5 Å². The van der Waals surface area contributed by atoms with E-state index in [0.717, 1.165) is 16.9 Å². The molecule has 5 rings (SSSR count). The number of amides is 1. The lowest BCUT2D eigenvalue weighted by Crippen LogP contribution is -2.49. The van der Waals surface area contributed by atoms with Crippen molar-refractivity contribution in [3.63, 3.8) is 0 Å². The van der Waals surface area contributed by atoms with Crippen LogP contribution in [-0.4, -0.2) is 24.5 Å². The molecule has 0 fully saturated rings. The summed E-state index contributed by atoms with van der Waals surface area (Å²) in [4.78, 5) is 28.6. The number of fused-ring (bicyclic) bond motifs is 2. The summed E-state index contributed by atoms with van der Waals surface area (Å²) in [5.74, 6) is 0.525. The number of nitrogens with zero attached hydrogens (tertiary/aromatic N) is 1. The summed E-state index contributed by atoms with van der Waals surface area (Å²) in [5, 5.41) is 3.47. The Labute approximate surface area is 186 Å². The van der Waals surface area contributed by atoms with Gasteiger partial charge in [-0.05, 0) is 48.9 Å². The summed E-state index contributed by atoms with van der Waals surface area (Å²) in [6.45, 7) is 3.68. The molecule has 0 spiro atoms. The van der Waals surface area contributed by atoms with Crippen molar-refractivity contribution in [2.75, 3.05) is 17.0 Å². The van der Waals surface area contributed by atoms with Gasteiger partial charge in [-0.1, -0.05) is 36.4 Å². The van der Waals surface area contributed by atoms with Crippen LogP contribution in [0.25, 0.3) is 0 Å². The molecule has 1 amide bonds. The Morgan fingerprint density at radius 3 is 2.44 bits per heavy atom. The number of benzene rings is 3. The molecule has 32 heavy (non-hydrogen) atoms. The highest BCUT2D eigenvalue weighted by Gasteiger charge is 2.44. The fourth-order valence-electron chi connectivity index (χ4n) is 4.73. The summed E-state index contributed by atoms with van der Waals surface area (Å²) in [6.07, 6.45) is 0. The zero-order valence-corrected chi connectivity index (χ0v) is 17.9. The molecule has 0 bridgehead atoms. The fourth-order valence-corrected chi connectivity index (χ4v) is 4.73. The third kappa shape index (κ3) is 3.38. The van der Waals surface area contributed by atoms with Crippen LogP contribution in [0.4, 0.5) is 11.4 Å². The number of Topliss-reactive ketones (excluding diaryl/α,β-unsaturated/α-hetero) is 1. The van der Waals surface area contributed by atoms with Crippen LogP contribution in [0.5, 0.6) is 11.5 Å². The number of para-hydroxylation sites is 2. The third-order valence-electron chi connectivity index (χ3n) is 6.15. The van der Waals surface area contributed by atoms with E-state index in [0.29, 0.717) is 17.1 Å². The van der Waals surface area contributed by atoms with Gasteiger partial charge in [-0.25, -0.2) is 0 Å². The van der Waals surface area contributed by atoms with E-state index < -0.39 is 12.0 Å². The molecule has 1 unspecified atom stereocenters. The van der Waals surface area contributed by atoms with E-state index in [4.69, 9.17) is 9.47 Å². The molecule has 2 aliphatic heterocycles. The molecular weight excluding hydrogens is 404 g/mol. The maximum absolute atomic E-state index is 13.9. The quantitative estimate of drug-likeness (QED) is 0.604. The van der Waals surface area contributed by atoms with Crippen LogP contribution >= 0.6 is 0 Å². The average molecular weight is 428 g/mol. The molecule has 0 saturated heterocycles. The van der Waals surface area contributed by atoms with Gasteiger partial charge in [0.1, 0.15) is 0 Å². The highest BCUT2D eigenvalue weighted by molar-refractivity contribution is 6.02. The van der Waals surface area contributed by atoms with Crippen molar-refractivity contribution in [3.05, 3.63) is 83.9 Å². The van der Waals surface area contributed by atoms with Crippen molar-refractivity contribution in [3.8, 4) is 11.5 Å². The SMILES string of the molecule is CC(=O)N(c1ccccc1)[C@H]1c2ccccc2N[C@@H](C)C1C(=O)c1ccc2c(c1)OCO2. The Morgan fingerprint density at radius 2 is 1.66 bits per heavy atom. The van der Waals surface area contributed by atoms with Crippen molar-refractivity contribution in [1.82, 2.24) is 0 Å². The Kier molecular flexibility index (Phi) is 5.05. The van der Waals surface area contributed by atoms with E-state index in [9.17, 15) is 9.59 Å². The summed E-state index contributed by atoms with van der Waals surface area (Å²) in [6, 6.07) is 22.0. The van der Waals surface area contributed by atoms with E-state index in [2.05, 4.69) is 5.32 Å². The number of ketones is 1. The first-order valence-electron chi connectivity index (χ1n) is 10.7. The van der Waals surface area contributed by atoms with E-state index in [1.807, 2.05) is 61.5 Å². The number of rotatable bonds is 4. The van der Waals surface area contributed by atoms with E-state index >= 15 is 0 Å². The number of carbonyl (C=O) groups excluding carboxylic acids is 2. The highest BCUT2D eigenvalue weighted by Crippen LogP contribution is 2.44. The zero-order chi connectivity index (χ0) is 22.2. The Morgan fingerprint density at radius 1 is 0.938 bits per heavy atom. The molecule has 0 saturated carbocycles. The Hall–Kier alpha value is -3.80. The first-order valence-corrected chi connectivity index (χ1v) is 10.7. The lowest BCUT2D eigenvalue weighted by Gasteiger charge is -2.43. The van der Waals surface area contributed by atoms with Gasteiger partial charge < -0.3 is 19.7 Å². The van der Waals surface area contributed by atoms with Crippen LogP contribution in [0.2, 0.25) is 0 Å². The van der Waals surface area contributed by atoms with E-state index in [1.165, 1.54) is 0 Å². The van der Waals surface area contributed by atoms with Gasteiger partial charge in [-0.2, -0.15) is 0 Å². The average Bonchev–Trinajstić information content (AvgIpc) is 3.27. The maximum atomic E-state index is 13.9. The molecular formula is C26H24N2O4. The molecule has 6 heteroatoms. The topological polar surface area (TPSA) is 67.9 Å². The fraction of sp³-hybridized carbons (Fsp3) is 0.231. The zero-order valence-electron chi connectivity index (χ0n) is 17.9. The number of carbonyl (C=O) groups is 2. The Balaban J connectivity index is 1.64. The van der Waals surface area contributed by atoms with Crippen LogP contribution < -0.4 is 19.7 Å². The summed E-state index contributed by atoms with van der Waals surface area (Å²) in [7, 11) is 0. The minimum atomic E-state index is -0.505. The third-order valence-corrected chi connectivity index (χ3v) is 6.15. The second-order valence-electron chi connectivity index (χ2n) is 8.15. The van der Waals surface area contributed by atoms with Crippen molar-refractivity contribution in [2.45, 2.75) is 25.9 Å². The second kappa shape index (κ2) is 8.04. The smallest absolute Gasteiger partial charge is 0.231 e. The molecule has 162 valence electrons. The van der Waals surface area contributed by atoms with Crippen molar-refractivity contribution >= 4 is 23.1 Å². The number of ether oxygens (including phenoxy) is 2. The Bertz CT molecular complexity index is 1180. The van der Waals surface area contributed by atoms with Gasteiger partial charge in [0.25, 0.3) is 0 Å². The number of nitrogens with one attached hydrogen (secondary N) is 1. The molecule has 3 aromatic carbocycles. The minimum absolute atomic E-state index is 0.0509. The van der Waals surface area contributed by atoms with Gasteiger partial charge in [-0.3, -0.25) is 9.59 Å². The molecule has 0 aliphatic carbocycles. The lowest BCUT2D eigenvalue weighted by atomic mass is 9.77. The highest BCUT2D eigenvalue weighted by atomic mass is 16.7. The lowest BCUT2D eigenvalue weighted by molar-refractivity contribution is -0.117. The molecule has 0 aromatic heterocycles. The van der Waals surface area contributed by atoms with Crippen molar-refractivity contribution in [2.24, 2.45) is 5.92 Å². The van der Waals surface area contributed by atoms with Crippen LogP contribution in [0.3, 0.4) is 0 Å². The van der Waals surface area contributed by atoms with Gasteiger partial charge in [0.05, 0.1) is 12.0 Å². The predicted octanol–water partition coefficient (Wildman–Crippen LogP) is 4.82. The normalized spacial score (nSPS) is 20.8. The number of hydrogen-bond donors (Lipinski definition) is 1. The summed E-state index contributed by atoms with van der Waals surface area (Å²) < 4.78 is 10.9. The van der Waals surface area contributed by atoms with E-state index in [1.54, 1.807) is 30.0 Å². The molecule has 1 N–H and O–H groups in total. The molecule has 3 aromatic rings. The van der Waals surface area contributed by atoms with Crippen LogP contribution in [0, 0.1) is 5.92 Å². The minimum Gasteiger partial charge on any atom is -0.454 e. The molecule has 6 nitrogen and oxygen atoms in total. The van der Waals surface area contributed by atoms with Gasteiger partial charge in [0.2, 0.25) is 12.7 Å². The number of hydrogen-bond acceptors (Lipinski definition) is 5. The van der Waals surface area contributed by atoms with Crippen molar-refractivity contribution < 1.29 is 19.1 Å². The first kappa shape index (κ1) is 20.1. The molecule has 2 heterocycles. The molecule has 0 radical (unpaired) electrons. The van der Waals surface area contributed by atoms with Crippen molar-refractivity contribution in [1.29, 1.82) is 0 Å². The summed E-state index contributed by atoms with van der Waals surface area (Å²) in [5.41, 5.74) is 3.15. The standard InChI is InChI=1S/C26H24N2O4/c1-16-24(26(30)18-12-13-22-23(14-18)32-15-31-22)25(20-10-6-7-11-21(20)27-16)28(17(2)29)19-8-4-3-5-9-19/h3-14,16,24-25,27H,15H2,1-2H3/t16-,24?,25-/m0/s1. The van der Waals surface area contributed by atoms with Crippen LogP contribution in [0.1, 0.15) is 35.8 Å². The monoisotopic (exact) mass is 428 g/mol. The van der Waals surface area contributed by atoms with Gasteiger partial charge >= 0.3 is 0 Å². The van der Waals surface area contributed by atoms with Crippen LogP contribution in [-0.2, 0) is 4.79 Å². The van der Waals surface area contributed by atoms with Gasteiger partial charge in [0.15, 0.2) is 17.3 Å². The molecule has 2 aliphatic rings. The molecule has 3 atom stereocenters. The first-order chi connectivity index (χ1) is 15.5. The van der Waals surface area contributed by atoms with Crippen LogP contribution in [0.15, 0.2) is 72.8 Å². The van der Waals surface area contributed by atoms with Gasteiger partial charge in [-0.15, -0.1) is 0 Å².